The molecule has 0 saturated heterocycles. The highest BCUT2D eigenvalue weighted by molar-refractivity contribution is 7.78. The fourth-order valence-electron chi connectivity index (χ4n) is 1.60. The van der Waals surface area contributed by atoms with Gasteiger partial charge in [0.2, 0.25) is 0 Å². The van der Waals surface area contributed by atoms with Crippen LogP contribution in [-0.4, -0.2) is 8.76 Å². The monoisotopic (exact) mass is 212 g/mol. The van der Waals surface area contributed by atoms with E-state index in [2.05, 4.69) is 6.92 Å². The number of rotatable bonds is 4. The predicted molar refractivity (Wildman–Crippen MR) is 59.6 cm³/mol. The van der Waals surface area contributed by atoms with E-state index in [1.807, 2.05) is 25.1 Å². The summed E-state index contributed by atoms with van der Waals surface area (Å²) in [6.07, 6.45) is 2.04. The van der Waals surface area contributed by atoms with E-state index in [-0.39, 0.29) is 5.75 Å². The molecule has 0 fully saturated rings. The van der Waals surface area contributed by atoms with E-state index in [1.165, 1.54) is 5.56 Å². The third kappa shape index (κ3) is 2.93. The zero-order valence-corrected chi connectivity index (χ0v) is 9.43. The topological polar surface area (TPSA) is 37.3 Å². The molecule has 0 radical (unpaired) electrons. The molecule has 0 aromatic heterocycles. The Kier molecular flexibility index (Phi) is 4.29. The summed E-state index contributed by atoms with van der Waals surface area (Å²) in [4.78, 5) is 0. The second kappa shape index (κ2) is 5.27. The average molecular weight is 212 g/mol. The van der Waals surface area contributed by atoms with Crippen molar-refractivity contribution >= 4 is 11.1 Å². The smallest absolute Gasteiger partial charge is 0.157 e. The van der Waals surface area contributed by atoms with E-state index in [9.17, 15) is 4.21 Å². The lowest BCUT2D eigenvalue weighted by Gasteiger charge is -2.09. The van der Waals surface area contributed by atoms with Gasteiger partial charge >= 0.3 is 0 Å². The van der Waals surface area contributed by atoms with Crippen LogP contribution >= 0.6 is 0 Å². The van der Waals surface area contributed by atoms with Crippen LogP contribution < -0.4 is 0 Å². The lowest BCUT2D eigenvalue weighted by atomic mass is 10.00. The Morgan fingerprint density at radius 2 is 2.14 bits per heavy atom. The molecule has 2 nitrogen and oxygen atoms in total. The van der Waals surface area contributed by atoms with Gasteiger partial charge in [0, 0.05) is 0 Å². The van der Waals surface area contributed by atoms with Crippen molar-refractivity contribution in [1.29, 1.82) is 0 Å². The summed E-state index contributed by atoms with van der Waals surface area (Å²) in [6.45, 7) is 4.10. The standard InChI is InChI=1S/C11H16O2S/c1-3-5-10-7-4-6-9(2)11(10)8-14(12)13/h4,6-7H,3,5,8H2,1-2H3,(H,12,13). The van der Waals surface area contributed by atoms with Gasteiger partial charge in [-0.2, -0.15) is 0 Å². The molecule has 1 aromatic rings. The van der Waals surface area contributed by atoms with Crippen molar-refractivity contribution < 1.29 is 8.76 Å². The van der Waals surface area contributed by atoms with Crippen LogP contribution in [0.4, 0.5) is 0 Å². The molecule has 1 unspecified atom stereocenters. The molecule has 0 spiro atoms. The summed E-state index contributed by atoms with van der Waals surface area (Å²) in [5.74, 6) is 0.252. The van der Waals surface area contributed by atoms with Gasteiger partial charge in [0.15, 0.2) is 11.1 Å². The highest BCUT2D eigenvalue weighted by Crippen LogP contribution is 2.17. The fourth-order valence-corrected chi connectivity index (χ4v) is 2.26. The van der Waals surface area contributed by atoms with Crippen LogP contribution in [0.25, 0.3) is 0 Å². The van der Waals surface area contributed by atoms with Crippen LogP contribution in [-0.2, 0) is 23.3 Å². The largest absolute Gasteiger partial charge is 0.306 e. The molecule has 1 N–H and O–H groups in total. The maximum atomic E-state index is 10.8. The average Bonchev–Trinajstić information content (AvgIpc) is 2.11. The lowest BCUT2D eigenvalue weighted by Crippen LogP contribution is -2.01. The first-order chi connectivity index (χ1) is 6.65. The summed E-state index contributed by atoms with van der Waals surface area (Å²) in [7, 11) is 0. The Labute approximate surface area is 87.6 Å². The third-order valence-corrected chi connectivity index (χ3v) is 2.83. The minimum absolute atomic E-state index is 0.252. The Morgan fingerprint density at radius 1 is 1.43 bits per heavy atom. The van der Waals surface area contributed by atoms with Crippen molar-refractivity contribution in [2.75, 3.05) is 0 Å². The second-order valence-electron chi connectivity index (χ2n) is 3.43. The Bertz CT molecular complexity index is 334. The van der Waals surface area contributed by atoms with E-state index < -0.39 is 11.1 Å². The van der Waals surface area contributed by atoms with Gasteiger partial charge in [-0.25, -0.2) is 4.21 Å². The zero-order chi connectivity index (χ0) is 10.6. The van der Waals surface area contributed by atoms with Gasteiger partial charge in [-0.05, 0) is 30.0 Å². The quantitative estimate of drug-likeness (QED) is 0.779. The first-order valence-electron chi connectivity index (χ1n) is 4.80. The van der Waals surface area contributed by atoms with Crippen LogP contribution in [0.1, 0.15) is 30.0 Å². The van der Waals surface area contributed by atoms with Crippen molar-refractivity contribution in [3.05, 3.63) is 34.9 Å². The molecule has 1 atom stereocenters. The summed E-state index contributed by atoms with van der Waals surface area (Å²) in [5.41, 5.74) is 3.35. The van der Waals surface area contributed by atoms with Gasteiger partial charge in [-0.3, -0.25) is 0 Å². The highest BCUT2D eigenvalue weighted by Gasteiger charge is 2.07. The number of aryl methyl sites for hydroxylation is 2. The molecule has 14 heavy (non-hydrogen) atoms. The van der Waals surface area contributed by atoms with Crippen molar-refractivity contribution in [3.8, 4) is 0 Å². The first kappa shape index (κ1) is 11.4. The fraction of sp³-hybridized carbons (Fsp3) is 0.455. The minimum atomic E-state index is -1.74. The summed E-state index contributed by atoms with van der Waals surface area (Å²) >= 11 is -1.74. The molecule has 1 aromatic carbocycles. The van der Waals surface area contributed by atoms with E-state index >= 15 is 0 Å². The van der Waals surface area contributed by atoms with Gasteiger partial charge in [0.1, 0.15) is 0 Å². The Hall–Kier alpha value is -0.670. The van der Waals surface area contributed by atoms with Crippen LogP contribution in [0.15, 0.2) is 18.2 Å². The van der Waals surface area contributed by atoms with Gasteiger partial charge in [-0.15, -0.1) is 0 Å². The highest BCUT2D eigenvalue weighted by atomic mass is 32.2. The molecule has 0 saturated carbocycles. The third-order valence-electron chi connectivity index (χ3n) is 2.29. The number of hydrogen-bond acceptors (Lipinski definition) is 1. The lowest BCUT2D eigenvalue weighted by molar-refractivity contribution is 0.563. The van der Waals surface area contributed by atoms with Crippen molar-refractivity contribution in [2.45, 2.75) is 32.4 Å². The summed E-state index contributed by atoms with van der Waals surface area (Å²) in [5, 5.41) is 0. The Morgan fingerprint density at radius 3 is 2.71 bits per heavy atom. The van der Waals surface area contributed by atoms with Gasteiger partial charge in [-0.1, -0.05) is 31.5 Å². The molecule has 0 aliphatic heterocycles. The normalized spacial score (nSPS) is 12.8. The molecule has 3 heteroatoms. The molecule has 0 bridgehead atoms. The van der Waals surface area contributed by atoms with Crippen LogP contribution in [0.2, 0.25) is 0 Å². The van der Waals surface area contributed by atoms with E-state index in [0.29, 0.717) is 0 Å². The van der Waals surface area contributed by atoms with E-state index in [4.69, 9.17) is 4.55 Å². The Balaban J connectivity index is 3.02. The van der Waals surface area contributed by atoms with Crippen LogP contribution in [0.5, 0.6) is 0 Å². The number of benzene rings is 1. The van der Waals surface area contributed by atoms with Crippen molar-refractivity contribution in [1.82, 2.24) is 0 Å². The molecule has 0 aliphatic rings. The molecular formula is C11H16O2S. The number of hydrogen-bond donors (Lipinski definition) is 1. The van der Waals surface area contributed by atoms with Crippen LogP contribution in [0, 0.1) is 6.92 Å². The molecular weight excluding hydrogens is 196 g/mol. The van der Waals surface area contributed by atoms with Gasteiger partial charge in [0.25, 0.3) is 0 Å². The van der Waals surface area contributed by atoms with Crippen LogP contribution in [0.3, 0.4) is 0 Å². The van der Waals surface area contributed by atoms with Gasteiger partial charge in [0.05, 0.1) is 5.75 Å². The summed E-state index contributed by atoms with van der Waals surface area (Å²) < 4.78 is 19.7. The van der Waals surface area contributed by atoms with Crippen molar-refractivity contribution in [3.63, 3.8) is 0 Å². The molecule has 78 valence electrons. The maximum absolute atomic E-state index is 10.8. The molecule has 0 amide bonds. The SMILES string of the molecule is CCCc1cccc(C)c1CS(=O)O. The van der Waals surface area contributed by atoms with E-state index in [1.54, 1.807) is 0 Å². The first-order valence-corrected chi connectivity index (χ1v) is 6.07. The van der Waals surface area contributed by atoms with Gasteiger partial charge < -0.3 is 4.55 Å². The zero-order valence-electron chi connectivity index (χ0n) is 8.62. The molecule has 0 heterocycles. The molecule has 0 aliphatic carbocycles. The summed E-state index contributed by atoms with van der Waals surface area (Å²) in [6, 6.07) is 6.03. The van der Waals surface area contributed by atoms with Crippen molar-refractivity contribution in [2.24, 2.45) is 0 Å². The second-order valence-corrected chi connectivity index (χ2v) is 4.36. The molecule has 1 rings (SSSR count). The predicted octanol–water partition coefficient (Wildman–Crippen LogP) is 2.67. The maximum Gasteiger partial charge on any atom is 0.157 e. The van der Waals surface area contributed by atoms with E-state index in [0.717, 1.165) is 24.0 Å². The minimum Gasteiger partial charge on any atom is -0.306 e.